The lowest BCUT2D eigenvalue weighted by Crippen LogP contribution is -2.34. The first-order valence-electron chi connectivity index (χ1n) is 8.31. The number of rotatable bonds is 2. The predicted octanol–water partition coefficient (Wildman–Crippen LogP) is 1.34. The van der Waals surface area contributed by atoms with Crippen LogP contribution in [0.2, 0.25) is 0 Å². The third kappa shape index (κ3) is 3.52. The number of hydrogen-bond acceptors (Lipinski definition) is 6. The first-order chi connectivity index (χ1) is 12.2. The second-order valence-electron chi connectivity index (χ2n) is 6.61. The molecule has 0 saturated heterocycles. The van der Waals surface area contributed by atoms with Gasteiger partial charge in [-0.25, -0.2) is 0 Å². The summed E-state index contributed by atoms with van der Waals surface area (Å²) in [6.07, 6.45) is 1.07. The molecule has 0 spiro atoms. The van der Waals surface area contributed by atoms with Gasteiger partial charge in [-0.05, 0) is 18.8 Å². The van der Waals surface area contributed by atoms with Gasteiger partial charge in [0, 0.05) is 22.5 Å². The molecule has 7 nitrogen and oxygen atoms in total. The Morgan fingerprint density at radius 3 is 1.62 bits per heavy atom. The van der Waals surface area contributed by atoms with E-state index in [9.17, 15) is 14.4 Å². The zero-order valence-corrected chi connectivity index (χ0v) is 14.8. The lowest BCUT2D eigenvalue weighted by atomic mass is 9.77. The number of carbonyl (C=O) groups is 3. The summed E-state index contributed by atoms with van der Waals surface area (Å²) >= 11 is 0. The van der Waals surface area contributed by atoms with E-state index in [0.717, 1.165) is 0 Å². The van der Waals surface area contributed by atoms with Gasteiger partial charge in [0.2, 0.25) is 0 Å². The molecule has 0 heterocycles. The van der Waals surface area contributed by atoms with Gasteiger partial charge >= 0.3 is 5.97 Å². The van der Waals surface area contributed by atoms with E-state index in [1.54, 1.807) is 38.1 Å². The van der Waals surface area contributed by atoms with Crippen molar-refractivity contribution in [3.05, 3.63) is 57.9 Å². The number of Topliss-reactive ketones (excluding diaryl/α,β-unsaturated/α-hetero) is 2. The first kappa shape index (κ1) is 19.4. The van der Waals surface area contributed by atoms with E-state index in [1.807, 2.05) is 0 Å². The van der Waals surface area contributed by atoms with Gasteiger partial charge in [-0.15, -0.1) is 0 Å². The normalized spacial score (nSPS) is 17.4. The molecule has 0 aromatic heterocycles. The average Bonchev–Trinajstić information content (AvgIpc) is 2.61. The van der Waals surface area contributed by atoms with E-state index in [-0.39, 0.29) is 17.5 Å². The highest BCUT2D eigenvalue weighted by atomic mass is 16.4. The smallest absolute Gasteiger partial charge is 0.320 e. The molecule has 2 aliphatic rings. The summed E-state index contributed by atoms with van der Waals surface area (Å²) in [6, 6.07) is 6.06. The summed E-state index contributed by atoms with van der Waals surface area (Å²) in [4.78, 5) is 34.8. The molecule has 1 aromatic rings. The fourth-order valence-electron chi connectivity index (χ4n) is 2.79. The molecule has 0 aliphatic heterocycles. The lowest BCUT2D eigenvalue weighted by molar-refractivity contribution is -0.139. The lowest BCUT2D eigenvalue weighted by Gasteiger charge is -2.26. The number of benzene rings is 1. The van der Waals surface area contributed by atoms with E-state index in [2.05, 4.69) is 0 Å². The highest BCUT2D eigenvalue weighted by Crippen LogP contribution is 2.35. The molecule has 26 heavy (non-hydrogen) atoms. The van der Waals surface area contributed by atoms with Crippen LogP contribution in [0.25, 0.3) is 0 Å². The number of carboxylic acids is 1. The summed E-state index contributed by atoms with van der Waals surface area (Å²) in [5, 5.41) is 8.23. The highest BCUT2D eigenvalue weighted by Gasteiger charge is 2.37. The molecule has 7 heteroatoms. The Kier molecular flexibility index (Phi) is 5.62. The van der Waals surface area contributed by atoms with Crippen LogP contribution in [0.1, 0.15) is 47.4 Å². The van der Waals surface area contributed by atoms with Crippen molar-refractivity contribution in [1.29, 1.82) is 0 Å². The molecule has 7 N–H and O–H groups in total. The predicted molar refractivity (Wildman–Crippen MR) is 97.2 cm³/mol. The third-order valence-electron chi connectivity index (χ3n) is 4.43. The Labute approximate surface area is 151 Å². The summed E-state index contributed by atoms with van der Waals surface area (Å²) < 4.78 is 0. The van der Waals surface area contributed by atoms with Crippen LogP contribution in [0.15, 0.2) is 46.8 Å². The Balaban J connectivity index is 0.000000260. The topological polar surface area (TPSA) is 150 Å². The highest BCUT2D eigenvalue weighted by molar-refractivity contribution is 6.31. The van der Waals surface area contributed by atoms with Crippen molar-refractivity contribution >= 4 is 17.5 Å². The SMILES string of the molecule is CC(C)[C@H](N)C(=O)O.NC1=C2C(=O)c3ccccc3C(=O)C2=C(N)CC1. The Morgan fingerprint density at radius 2 is 1.35 bits per heavy atom. The Bertz CT molecular complexity index is 780. The quantitative estimate of drug-likeness (QED) is 0.623. The maximum Gasteiger partial charge on any atom is 0.320 e. The van der Waals surface area contributed by atoms with Crippen LogP contribution in [0.4, 0.5) is 0 Å². The third-order valence-corrected chi connectivity index (χ3v) is 4.43. The summed E-state index contributed by atoms with van der Waals surface area (Å²) in [7, 11) is 0. The van der Waals surface area contributed by atoms with Gasteiger partial charge < -0.3 is 22.3 Å². The molecule has 1 aromatic carbocycles. The summed E-state index contributed by atoms with van der Waals surface area (Å²) in [6.45, 7) is 3.55. The number of aliphatic carboxylic acids is 1. The molecule has 0 unspecified atom stereocenters. The van der Waals surface area contributed by atoms with Crippen molar-refractivity contribution in [2.24, 2.45) is 23.1 Å². The van der Waals surface area contributed by atoms with Crippen molar-refractivity contribution in [3.63, 3.8) is 0 Å². The largest absolute Gasteiger partial charge is 0.480 e. The Hall–Kier alpha value is -2.93. The molecule has 1 atom stereocenters. The van der Waals surface area contributed by atoms with Crippen LogP contribution >= 0.6 is 0 Å². The molecule has 0 bridgehead atoms. The standard InChI is InChI=1S/C14H12N2O2.C5H11NO2/c15-9-5-6-10(16)12-11(9)13(17)7-3-1-2-4-8(7)14(12)18;1-3(2)4(6)5(7)8/h1-4H,5-6,15-16H2;3-4H,6H2,1-2H3,(H,7,8)/t;4-/m.0/s1. The molecular weight excluding hydrogens is 334 g/mol. The second kappa shape index (κ2) is 7.53. The molecule has 0 amide bonds. The monoisotopic (exact) mass is 357 g/mol. The van der Waals surface area contributed by atoms with Gasteiger partial charge in [0.1, 0.15) is 6.04 Å². The number of allylic oxidation sites excluding steroid dienone is 4. The molecule has 3 rings (SSSR count). The van der Waals surface area contributed by atoms with E-state index < -0.39 is 12.0 Å². The minimum absolute atomic E-state index is 0.0208. The number of ketones is 2. The van der Waals surface area contributed by atoms with Crippen molar-refractivity contribution in [2.45, 2.75) is 32.7 Å². The van der Waals surface area contributed by atoms with E-state index >= 15 is 0 Å². The molecular formula is C19H23N3O4. The van der Waals surface area contributed by atoms with Crippen LogP contribution in [-0.2, 0) is 4.79 Å². The Morgan fingerprint density at radius 1 is 0.962 bits per heavy atom. The maximum absolute atomic E-state index is 12.4. The molecule has 0 fully saturated rings. The first-order valence-corrected chi connectivity index (χ1v) is 8.31. The number of nitrogens with two attached hydrogens (primary N) is 3. The van der Waals surface area contributed by atoms with Gasteiger partial charge in [-0.1, -0.05) is 38.1 Å². The summed E-state index contributed by atoms with van der Waals surface area (Å²) in [5.41, 5.74) is 19.3. The van der Waals surface area contributed by atoms with Crippen LogP contribution in [0, 0.1) is 5.92 Å². The fraction of sp³-hybridized carbons (Fsp3) is 0.316. The molecule has 2 aliphatic carbocycles. The average molecular weight is 357 g/mol. The van der Waals surface area contributed by atoms with E-state index in [1.165, 1.54) is 0 Å². The molecule has 0 radical (unpaired) electrons. The van der Waals surface area contributed by atoms with Crippen molar-refractivity contribution in [3.8, 4) is 0 Å². The number of fused-ring (bicyclic) bond motifs is 2. The number of carboxylic acid groups (broad SMARTS) is 1. The van der Waals surface area contributed by atoms with Crippen LogP contribution in [0.3, 0.4) is 0 Å². The second-order valence-corrected chi connectivity index (χ2v) is 6.61. The van der Waals surface area contributed by atoms with Crippen LogP contribution < -0.4 is 17.2 Å². The zero-order chi connectivity index (χ0) is 19.6. The van der Waals surface area contributed by atoms with Gasteiger partial charge in [-0.3, -0.25) is 14.4 Å². The minimum atomic E-state index is -0.931. The number of hydrogen-bond donors (Lipinski definition) is 4. The molecule has 0 saturated carbocycles. The van der Waals surface area contributed by atoms with E-state index in [4.69, 9.17) is 22.3 Å². The van der Waals surface area contributed by atoms with E-state index in [0.29, 0.717) is 46.5 Å². The van der Waals surface area contributed by atoms with Gasteiger partial charge in [0.05, 0.1) is 11.1 Å². The van der Waals surface area contributed by atoms with Crippen LogP contribution in [-0.4, -0.2) is 28.7 Å². The van der Waals surface area contributed by atoms with Crippen molar-refractivity contribution in [2.75, 3.05) is 0 Å². The van der Waals surface area contributed by atoms with Gasteiger partial charge in [0.25, 0.3) is 0 Å². The summed E-state index contributed by atoms with van der Waals surface area (Å²) in [5.74, 6) is -1.30. The van der Waals surface area contributed by atoms with Gasteiger partial charge in [-0.2, -0.15) is 0 Å². The van der Waals surface area contributed by atoms with Crippen LogP contribution in [0.5, 0.6) is 0 Å². The van der Waals surface area contributed by atoms with Gasteiger partial charge in [0.15, 0.2) is 11.6 Å². The van der Waals surface area contributed by atoms with Crippen molar-refractivity contribution < 1.29 is 19.5 Å². The fourth-order valence-corrected chi connectivity index (χ4v) is 2.79. The maximum atomic E-state index is 12.4. The molecule has 138 valence electrons. The minimum Gasteiger partial charge on any atom is -0.480 e. The number of carbonyl (C=O) groups excluding carboxylic acids is 2. The van der Waals surface area contributed by atoms with Crippen molar-refractivity contribution in [1.82, 2.24) is 0 Å². The zero-order valence-electron chi connectivity index (χ0n) is 14.8.